The van der Waals surface area contributed by atoms with Gasteiger partial charge >= 0.3 is 119 Å². The molecule has 0 spiro atoms. The molecule has 0 aromatic carbocycles. The predicted molar refractivity (Wildman–Crippen MR) is 93.7 cm³/mol. The fraction of sp³-hybridized carbons (Fsp3) is 0.550. The molecule has 0 bridgehead atoms. The Morgan fingerprint density at radius 3 is 2.13 bits per heavy atom. The van der Waals surface area contributed by atoms with E-state index in [2.05, 4.69) is 41.3 Å². The van der Waals surface area contributed by atoms with Crippen LogP contribution in [0.1, 0.15) is 25.7 Å². The van der Waals surface area contributed by atoms with Crippen molar-refractivity contribution < 1.29 is 21.6 Å². The van der Waals surface area contributed by atoms with Gasteiger partial charge in [-0.25, -0.2) is 0 Å². The first-order valence-corrected chi connectivity index (χ1v) is 13.0. The van der Waals surface area contributed by atoms with Gasteiger partial charge in [-0.05, 0) is 0 Å². The molecule has 124 valence electrons. The molecular weight excluding hydrogens is 318 g/mol. The molecule has 1 heterocycles. The second-order valence-electron chi connectivity index (χ2n) is 7.45. The van der Waals surface area contributed by atoms with Crippen LogP contribution >= 0.6 is 0 Å². The zero-order chi connectivity index (χ0) is 16.3. The summed E-state index contributed by atoms with van der Waals surface area (Å²) < 4.78 is 7.03. The molecule has 5 unspecified atom stereocenters. The quantitative estimate of drug-likeness (QED) is 0.434. The van der Waals surface area contributed by atoms with Crippen LogP contribution in [0.15, 0.2) is 49.6 Å². The average molecular weight is 347 g/mol. The van der Waals surface area contributed by atoms with Gasteiger partial charge in [0.2, 0.25) is 0 Å². The molecule has 1 N–H and O–H groups in total. The summed E-state index contributed by atoms with van der Waals surface area (Å²) in [5, 5.41) is 0. The topological polar surface area (TPSA) is 29.1 Å². The number of nitrogens with one attached hydrogen (secondary N) is 1. The van der Waals surface area contributed by atoms with Crippen LogP contribution in [0.3, 0.4) is 0 Å². The summed E-state index contributed by atoms with van der Waals surface area (Å²) in [6.45, 7) is 6.72. The normalized spacial score (nSPS) is 38.3. The Morgan fingerprint density at radius 2 is 1.57 bits per heavy atom. The second-order valence-corrected chi connectivity index (χ2v) is 14.1. The SMILES string of the molecule is C=CC=C.O=C[NH][Ti]1([CH]2C3C=CC=CC3C3CCCCC32)[CH2][CH2]1. The Labute approximate surface area is 144 Å². The van der Waals surface area contributed by atoms with Crippen LogP contribution in [-0.4, -0.2) is 6.41 Å². The number of rotatable bonds is 4. The summed E-state index contributed by atoms with van der Waals surface area (Å²) in [7, 11) is 0. The molecule has 3 heteroatoms. The molecule has 3 fully saturated rings. The summed E-state index contributed by atoms with van der Waals surface area (Å²) in [6, 6.07) is 0. The minimum atomic E-state index is -2.00. The van der Waals surface area contributed by atoms with Crippen molar-refractivity contribution in [1.29, 1.82) is 0 Å². The van der Waals surface area contributed by atoms with E-state index in [1.54, 1.807) is 12.2 Å². The van der Waals surface area contributed by atoms with Crippen molar-refractivity contribution in [3.05, 3.63) is 49.6 Å². The summed E-state index contributed by atoms with van der Waals surface area (Å²) in [5.41, 5.74) is 0. The average Bonchev–Trinajstić information content (AvgIpc) is 3.29. The van der Waals surface area contributed by atoms with Gasteiger partial charge in [0.15, 0.2) is 0 Å². The van der Waals surface area contributed by atoms with Crippen LogP contribution in [-0.2, 0) is 21.6 Å². The van der Waals surface area contributed by atoms with E-state index in [9.17, 15) is 4.79 Å². The van der Waals surface area contributed by atoms with Crippen molar-refractivity contribution >= 4 is 6.41 Å². The Kier molecular flexibility index (Phi) is 5.43. The van der Waals surface area contributed by atoms with Gasteiger partial charge in [0.05, 0.1) is 0 Å². The van der Waals surface area contributed by atoms with E-state index in [1.165, 1.54) is 35.1 Å². The van der Waals surface area contributed by atoms with Crippen molar-refractivity contribution in [2.24, 2.45) is 23.7 Å². The third kappa shape index (κ3) is 3.21. The van der Waals surface area contributed by atoms with Crippen molar-refractivity contribution in [3.8, 4) is 0 Å². The van der Waals surface area contributed by atoms with Gasteiger partial charge in [-0.3, -0.25) is 0 Å². The molecule has 1 amide bonds. The van der Waals surface area contributed by atoms with E-state index in [0.29, 0.717) is 0 Å². The molecule has 0 radical (unpaired) electrons. The summed E-state index contributed by atoms with van der Waals surface area (Å²) in [4.78, 5) is 11.0. The first-order valence-electron chi connectivity index (χ1n) is 9.07. The molecule has 4 rings (SSSR count). The fourth-order valence-corrected chi connectivity index (χ4v) is 13.3. The van der Waals surface area contributed by atoms with Crippen LogP contribution in [0.25, 0.3) is 0 Å². The van der Waals surface area contributed by atoms with Crippen molar-refractivity contribution in [3.63, 3.8) is 0 Å². The number of fused-ring (bicyclic) bond motifs is 3. The Hall–Kier alpha value is -0.856. The molecule has 4 aliphatic rings. The van der Waals surface area contributed by atoms with Crippen LogP contribution in [0, 0.1) is 23.7 Å². The molecule has 2 saturated carbocycles. The molecule has 0 aromatic heterocycles. The van der Waals surface area contributed by atoms with Gasteiger partial charge in [0.25, 0.3) is 0 Å². The van der Waals surface area contributed by atoms with Gasteiger partial charge in [-0.1, -0.05) is 25.3 Å². The number of amides is 1. The molecular formula is C20H29NOTi. The van der Waals surface area contributed by atoms with Gasteiger partial charge < -0.3 is 0 Å². The Morgan fingerprint density at radius 1 is 0.957 bits per heavy atom. The van der Waals surface area contributed by atoms with E-state index in [0.717, 1.165) is 34.3 Å². The second kappa shape index (κ2) is 7.36. The van der Waals surface area contributed by atoms with Crippen LogP contribution in [0.5, 0.6) is 0 Å². The molecule has 1 saturated heterocycles. The van der Waals surface area contributed by atoms with E-state index >= 15 is 0 Å². The summed E-state index contributed by atoms with van der Waals surface area (Å²) >= 11 is -2.00. The number of carbonyl (C=O) groups is 1. The van der Waals surface area contributed by atoms with E-state index < -0.39 is 16.8 Å². The molecule has 2 nitrogen and oxygen atoms in total. The van der Waals surface area contributed by atoms with E-state index in [4.69, 9.17) is 0 Å². The van der Waals surface area contributed by atoms with Gasteiger partial charge in [-0.15, -0.1) is 0 Å². The summed E-state index contributed by atoms with van der Waals surface area (Å²) in [6.07, 6.45) is 19.5. The summed E-state index contributed by atoms with van der Waals surface area (Å²) in [5.74, 6) is 3.39. The molecule has 23 heavy (non-hydrogen) atoms. The maximum atomic E-state index is 11.0. The zero-order valence-electron chi connectivity index (χ0n) is 14.0. The zero-order valence-corrected chi connectivity index (χ0v) is 15.6. The monoisotopic (exact) mass is 347 g/mol. The van der Waals surface area contributed by atoms with Crippen LogP contribution < -0.4 is 3.80 Å². The van der Waals surface area contributed by atoms with Crippen LogP contribution in [0.2, 0.25) is 13.7 Å². The van der Waals surface area contributed by atoms with Crippen molar-refractivity contribution in [1.82, 2.24) is 3.80 Å². The van der Waals surface area contributed by atoms with Gasteiger partial charge in [0.1, 0.15) is 0 Å². The van der Waals surface area contributed by atoms with E-state index in [1.807, 2.05) is 0 Å². The predicted octanol–water partition coefficient (Wildman–Crippen LogP) is 4.98. The third-order valence-corrected chi connectivity index (χ3v) is 13.2. The van der Waals surface area contributed by atoms with Crippen molar-refractivity contribution in [2.45, 2.75) is 39.4 Å². The standard InChI is InChI=1S/C13H17.C4H6.C2H4.CH3NO.Ti/c1-3-7-12-10(5-1)9-11-6-2-4-8-13(11)12;1-3-4-2;1-2;2-1-3;/h1,3,5,7,9-13H,2,4,6,8H2;3-4H,1-2H2;1-2H2;1H,(H2,2,3);/q;;;;+1/p-1. The van der Waals surface area contributed by atoms with Gasteiger partial charge in [-0.2, -0.15) is 0 Å². The minimum absolute atomic E-state index is 0.757. The van der Waals surface area contributed by atoms with E-state index in [-0.39, 0.29) is 0 Å². The Bertz CT molecular complexity index is 514. The van der Waals surface area contributed by atoms with Crippen LogP contribution in [0.4, 0.5) is 0 Å². The molecule has 0 aromatic rings. The van der Waals surface area contributed by atoms with Gasteiger partial charge in [0, 0.05) is 0 Å². The Balaban J connectivity index is 0.000000354. The molecule has 1 aliphatic heterocycles. The fourth-order valence-electron chi connectivity index (χ4n) is 5.43. The molecule has 5 atom stereocenters. The number of hydrogen-bond acceptors (Lipinski definition) is 1. The maximum absolute atomic E-state index is 11.0. The first-order chi connectivity index (χ1) is 11.3. The number of allylic oxidation sites excluding steroid dienone is 6. The van der Waals surface area contributed by atoms with Crippen molar-refractivity contribution in [2.75, 3.05) is 0 Å². The first kappa shape index (κ1) is 17.0. The number of carbonyl (C=O) groups excluding carboxylic acids is 1. The molecule has 3 aliphatic carbocycles. The number of hydrogen-bond donors (Lipinski definition) is 1. The third-order valence-electron chi connectivity index (χ3n) is 6.41.